The quantitative estimate of drug-likeness (QED) is 0.145. The molecule has 0 amide bonds. The van der Waals surface area contributed by atoms with Crippen LogP contribution in [-0.2, 0) is 11.3 Å². The van der Waals surface area contributed by atoms with Gasteiger partial charge in [-0.05, 0) is 148 Å². The molecule has 0 heterocycles. The Balaban J connectivity index is 1.41. The average molecular weight is 957 g/mol. The summed E-state index contributed by atoms with van der Waals surface area (Å²) in [6.45, 7) is -0.132. The Kier molecular flexibility index (Phi) is 26.6. The number of hydrogen-bond acceptors (Lipinski definition) is 4. The Morgan fingerprint density at radius 2 is 0.627 bits per heavy atom. The second kappa shape index (κ2) is 36.8. The lowest BCUT2D eigenvalue weighted by atomic mass is 10.2. The summed E-state index contributed by atoms with van der Waals surface area (Å²) in [5.74, 6) is 99.1. The Bertz CT molecular complexity index is 4080. The van der Waals surface area contributed by atoms with Gasteiger partial charge in [-0.25, -0.2) is 4.79 Å². The number of terminal acetylenes is 2. The smallest absolute Gasteiger partial charge is 0.338 e. The summed E-state index contributed by atoms with van der Waals surface area (Å²) in [5, 5.41) is 3.46. The predicted molar refractivity (Wildman–Crippen MR) is 295 cm³/mol. The first-order valence-electron chi connectivity index (χ1n) is 20.7. The molecule has 4 nitrogen and oxygen atoms in total. The number of rotatable bonds is 8. The van der Waals surface area contributed by atoms with Crippen LogP contribution in [0.2, 0.25) is 0 Å². The van der Waals surface area contributed by atoms with Crippen LogP contribution in [0.3, 0.4) is 0 Å². The summed E-state index contributed by atoms with van der Waals surface area (Å²) < 4.78 is 16.9. The molecule has 0 aliphatic heterocycles. The van der Waals surface area contributed by atoms with Gasteiger partial charge in [0.2, 0.25) is 0 Å². The van der Waals surface area contributed by atoms with Gasteiger partial charge in [0.1, 0.15) is 30.3 Å². The minimum absolute atomic E-state index is 0.132. The first-order valence-corrected chi connectivity index (χ1v) is 22.1. The molecule has 0 saturated heterocycles. The summed E-state index contributed by atoms with van der Waals surface area (Å²) in [7, 11) is -0.850. The molecule has 330 valence electrons. The molecule has 0 atom stereocenters. The van der Waals surface area contributed by atoms with E-state index in [1.165, 1.54) is 16.7 Å². The lowest BCUT2D eigenvalue weighted by Gasteiger charge is -2.19. The number of hydrogen-bond donors (Lipinski definition) is 0. The standard InChI is InChI=1S/C70H21O4P/c1-3-5-7-9-11-13-15-17-19-21-23-25-27-29-31-33-35-37-39-47-57-72-65-59-63(62-74-70(71)64-53-55-69(56-54-64)75(67-49-43-41-44-50-67)68-51-45-42-46-52-68)60-66(61-65)73-58-48-40-38-36-34-32-30-28-26-24-22-20-18-16-14-12-10-8-6-4-2/h1-2,41-46,49-56,59-61H,62H2. The highest BCUT2D eigenvalue weighted by Gasteiger charge is 2.17. The van der Waals surface area contributed by atoms with E-state index in [9.17, 15) is 4.79 Å². The van der Waals surface area contributed by atoms with Gasteiger partial charge in [-0.2, -0.15) is 0 Å². The number of carbonyl (C=O) groups is 1. The van der Waals surface area contributed by atoms with Crippen molar-refractivity contribution in [2.45, 2.75) is 6.61 Å². The fourth-order valence-corrected chi connectivity index (χ4v) is 7.05. The van der Waals surface area contributed by atoms with Crippen LogP contribution in [0.4, 0.5) is 0 Å². The van der Waals surface area contributed by atoms with Crippen molar-refractivity contribution < 1.29 is 19.0 Å². The van der Waals surface area contributed by atoms with Gasteiger partial charge in [0.05, 0.1) is 5.56 Å². The van der Waals surface area contributed by atoms with Crippen LogP contribution in [0, 0.1) is 262 Å². The van der Waals surface area contributed by atoms with E-state index in [1.54, 1.807) is 24.3 Å². The lowest BCUT2D eigenvalue weighted by Crippen LogP contribution is -2.20. The van der Waals surface area contributed by atoms with Gasteiger partial charge < -0.3 is 14.2 Å². The van der Waals surface area contributed by atoms with Crippen LogP contribution < -0.4 is 25.4 Å². The molecule has 0 aliphatic carbocycles. The molecular formula is C70H21O4P. The van der Waals surface area contributed by atoms with E-state index < -0.39 is 13.9 Å². The van der Waals surface area contributed by atoms with Crippen LogP contribution in [0.15, 0.2) is 103 Å². The summed E-state index contributed by atoms with van der Waals surface area (Å²) in [6, 6.07) is 32.7. The molecule has 5 heteroatoms. The van der Waals surface area contributed by atoms with Crippen molar-refractivity contribution in [2.24, 2.45) is 0 Å². The third-order valence-electron chi connectivity index (χ3n) is 7.53. The molecular weight excluding hydrogens is 936 g/mol. The maximum absolute atomic E-state index is 13.3. The van der Waals surface area contributed by atoms with Crippen molar-refractivity contribution in [3.63, 3.8) is 0 Å². The van der Waals surface area contributed by atoms with Crippen LogP contribution in [0.25, 0.3) is 0 Å². The zero-order valence-electron chi connectivity index (χ0n) is 38.8. The molecule has 0 saturated carbocycles. The van der Waals surface area contributed by atoms with Gasteiger partial charge in [0.25, 0.3) is 0 Å². The number of benzene rings is 4. The normalized spacial score (nSPS) is 6.87. The van der Waals surface area contributed by atoms with Gasteiger partial charge in [-0.1, -0.05) is 72.8 Å². The monoisotopic (exact) mass is 956 g/mol. The molecule has 0 aromatic heterocycles. The molecule has 0 aliphatic rings. The molecule has 0 N–H and O–H groups in total. The molecule has 0 spiro atoms. The molecule has 0 radical (unpaired) electrons. The summed E-state index contributed by atoms with van der Waals surface area (Å²) in [4.78, 5) is 13.3. The predicted octanol–water partition coefficient (Wildman–Crippen LogP) is 4.81. The maximum Gasteiger partial charge on any atom is 0.338 e. The van der Waals surface area contributed by atoms with Crippen molar-refractivity contribution in [1.82, 2.24) is 0 Å². The second-order valence-electron chi connectivity index (χ2n) is 12.4. The highest BCUT2D eigenvalue weighted by atomic mass is 31.1. The molecule has 0 unspecified atom stereocenters. The Hall–Kier alpha value is -13.3. The van der Waals surface area contributed by atoms with E-state index in [0.717, 1.165) is 5.30 Å². The topological polar surface area (TPSA) is 44.8 Å². The number of esters is 1. The number of carbonyl (C=O) groups excluding carboxylic acids is 1. The molecule has 0 bridgehead atoms. The third kappa shape index (κ3) is 24.9. The van der Waals surface area contributed by atoms with Crippen LogP contribution in [0.5, 0.6) is 11.5 Å². The van der Waals surface area contributed by atoms with Crippen molar-refractivity contribution >= 4 is 29.8 Å². The Morgan fingerprint density at radius 3 is 0.933 bits per heavy atom. The zero-order chi connectivity index (χ0) is 52.7. The van der Waals surface area contributed by atoms with Crippen molar-refractivity contribution in [3.8, 4) is 273 Å². The van der Waals surface area contributed by atoms with E-state index in [-0.39, 0.29) is 18.1 Å². The highest BCUT2D eigenvalue weighted by Crippen LogP contribution is 2.32. The number of ether oxygens (including phenoxy) is 3. The Labute approximate surface area is 440 Å². The SMILES string of the molecule is C#CC#CC#CC#CC#CC#CC#CC#CC#CC#CC#COc1cc(COC(=O)c2ccc(P(c3ccccc3)c3ccccc3)cc2)cc(OC#CC#CC#CC#CC#CC#CC#CC#CC#CC#CC#C)c1. The van der Waals surface area contributed by atoms with Crippen molar-refractivity contribution in [3.05, 3.63) is 114 Å². The fourth-order valence-electron chi connectivity index (χ4n) is 4.77. The first kappa shape index (κ1) is 54.3. The molecule has 0 fully saturated rings. The first-order chi connectivity index (χ1) is 37.2. The van der Waals surface area contributed by atoms with Crippen LogP contribution in [-0.4, -0.2) is 5.97 Å². The largest absolute Gasteiger partial charge is 0.457 e. The molecule has 4 aromatic rings. The van der Waals surface area contributed by atoms with Gasteiger partial charge >= 0.3 is 5.97 Å². The van der Waals surface area contributed by atoms with Crippen LogP contribution in [0.1, 0.15) is 15.9 Å². The van der Waals surface area contributed by atoms with Gasteiger partial charge in [-0.3, -0.25) is 0 Å². The fraction of sp³-hybridized carbons (Fsp3) is 0.0143. The van der Waals surface area contributed by atoms with E-state index >= 15 is 0 Å². The van der Waals surface area contributed by atoms with E-state index in [1.807, 2.05) is 48.5 Å². The second-order valence-corrected chi connectivity index (χ2v) is 14.6. The minimum atomic E-state index is -0.850. The van der Waals surface area contributed by atoms with Crippen molar-refractivity contribution in [1.29, 1.82) is 0 Å². The molecule has 4 rings (SSSR count). The third-order valence-corrected chi connectivity index (χ3v) is 9.98. The van der Waals surface area contributed by atoms with E-state index in [4.69, 9.17) is 27.1 Å². The summed E-state index contributed by atoms with van der Waals surface area (Å²) >= 11 is 0. The van der Waals surface area contributed by atoms with E-state index in [2.05, 4.69) is 273 Å². The highest BCUT2D eigenvalue weighted by molar-refractivity contribution is 7.79. The summed E-state index contributed by atoms with van der Waals surface area (Å²) in [6.07, 6.45) is 14.9. The lowest BCUT2D eigenvalue weighted by molar-refractivity contribution is 0.0472. The van der Waals surface area contributed by atoms with Gasteiger partial charge in [0, 0.05) is 148 Å². The zero-order valence-corrected chi connectivity index (χ0v) is 39.7. The summed E-state index contributed by atoms with van der Waals surface area (Å²) in [5.41, 5.74) is 0.897. The van der Waals surface area contributed by atoms with E-state index in [0.29, 0.717) is 11.1 Å². The maximum atomic E-state index is 13.3. The van der Waals surface area contributed by atoms with Gasteiger partial charge in [0.15, 0.2) is 0 Å². The molecule has 4 aromatic carbocycles. The average Bonchev–Trinajstić information content (AvgIpc) is 3.44. The van der Waals surface area contributed by atoms with Crippen LogP contribution >= 0.6 is 7.92 Å². The van der Waals surface area contributed by atoms with Gasteiger partial charge in [-0.15, -0.1) is 12.8 Å². The Morgan fingerprint density at radius 1 is 0.347 bits per heavy atom. The minimum Gasteiger partial charge on any atom is -0.457 e. The van der Waals surface area contributed by atoms with Crippen molar-refractivity contribution in [2.75, 3.05) is 0 Å². The molecule has 75 heavy (non-hydrogen) atoms.